The Bertz CT molecular complexity index is 480. The van der Waals surface area contributed by atoms with E-state index in [9.17, 15) is 4.39 Å². The average molecular weight is 190 g/mol. The zero-order chi connectivity index (χ0) is 10.1. The molecule has 2 N–H and O–H groups in total. The summed E-state index contributed by atoms with van der Waals surface area (Å²) in [6, 6.07) is 4.99. The average Bonchev–Trinajstić information content (AvgIpc) is 2.18. The first-order valence-electron chi connectivity index (χ1n) is 4.47. The Morgan fingerprint density at radius 2 is 2.07 bits per heavy atom. The van der Waals surface area contributed by atoms with Gasteiger partial charge in [0, 0.05) is 29.4 Å². The number of hydrogen-bond acceptors (Lipinski definition) is 2. The monoisotopic (exact) mass is 190 g/mol. The topological polar surface area (TPSA) is 38.9 Å². The number of rotatable bonds is 1. The van der Waals surface area contributed by atoms with Crippen molar-refractivity contribution in [3.8, 4) is 0 Å². The number of aromatic nitrogens is 1. The molecule has 0 amide bonds. The first kappa shape index (κ1) is 9.09. The molecule has 1 aromatic heterocycles. The van der Waals surface area contributed by atoms with Gasteiger partial charge in [0.25, 0.3) is 0 Å². The molecule has 2 rings (SSSR count). The summed E-state index contributed by atoms with van der Waals surface area (Å²) in [5, 5.41) is 1.83. The van der Waals surface area contributed by atoms with Crippen LogP contribution in [0.2, 0.25) is 0 Å². The number of pyridine rings is 1. The van der Waals surface area contributed by atoms with Crippen LogP contribution in [0.15, 0.2) is 24.4 Å². The van der Waals surface area contributed by atoms with Crippen molar-refractivity contribution in [2.24, 2.45) is 5.73 Å². The lowest BCUT2D eigenvalue weighted by atomic mass is 10.0. The molecule has 0 unspecified atom stereocenters. The molecule has 3 heteroatoms. The second-order valence-corrected chi connectivity index (χ2v) is 3.22. The molecule has 0 aliphatic heterocycles. The Balaban J connectivity index is 2.88. The summed E-state index contributed by atoms with van der Waals surface area (Å²) >= 11 is 0. The Morgan fingerprint density at radius 1 is 1.29 bits per heavy atom. The summed E-state index contributed by atoms with van der Waals surface area (Å²) < 4.78 is 13.4. The van der Waals surface area contributed by atoms with Crippen molar-refractivity contribution < 1.29 is 4.39 Å². The Labute approximate surface area is 81.6 Å². The molecular weight excluding hydrogens is 179 g/mol. The summed E-state index contributed by atoms with van der Waals surface area (Å²) in [4.78, 5) is 4.15. The Kier molecular flexibility index (Phi) is 2.17. The lowest BCUT2D eigenvalue weighted by Crippen LogP contribution is -2.01. The van der Waals surface area contributed by atoms with E-state index in [1.165, 1.54) is 6.07 Å². The van der Waals surface area contributed by atoms with Gasteiger partial charge in [0.15, 0.2) is 0 Å². The highest BCUT2D eigenvalue weighted by Gasteiger charge is 2.06. The minimum Gasteiger partial charge on any atom is -0.326 e. The lowest BCUT2D eigenvalue weighted by Gasteiger charge is -2.06. The van der Waals surface area contributed by atoms with E-state index >= 15 is 0 Å². The molecule has 0 saturated heterocycles. The number of hydrogen-bond donors (Lipinski definition) is 1. The van der Waals surface area contributed by atoms with Gasteiger partial charge in [-0.1, -0.05) is 0 Å². The van der Waals surface area contributed by atoms with Crippen LogP contribution in [0.3, 0.4) is 0 Å². The molecule has 0 bridgehead atoms. The van der Waals surface area contributed by atoms with Crippen molar-refractivity contribution in [2.45, 2.75) is 13.5 Å². The Morgan fingerprint density at radius 3 is 2.79 bits per heavy atom. The van der Waals surface area contributed by atoms with Crippen molar-refractivity contribution in [2.75, 3.05) is 0 Å². The summed E-state index contributed by atoms with van der Waals surface area (Å²) in [6.45, 7) is 2.12. The van der Waals surface area contributed by atoms with Gasteiger partial charge in [0.1, 0.15) is 5.82 Å². The van der Waals surface area contributed by atoms with Crippen LogP contribution >= 0.6 is 0 Å². The van der Waals surface area contributed by atoms with E-state index in [0.717, 1.165) is 16.5 Å². The highest BCUT2D eigenvalue weighted by Crippen LogP contribution is 2.22. The van der Waals surface area contributed by atoms with Gasteiger partial charge >= 0.3 is 0 Å². The van der Waals surface area contributed by atoms with Crippen LogP contribution in [0, 0.1) is 12.7 Å². The van der Waals surface area contributed by atoms with Crippen LogP contribution in [-0.2, 0) is 6.54 Å². The summed E-state index contributed by atoms with van der Waals surface area (Å²) in [5.41, 5.74) is 6.97. The summed E-state index contributed by atoms with van der Waals surface area (Å²) in [6.07, 6.45) is 1.68. The van der Waals surface area contributed by atoms with Crippen LogP contribution in [0.25, 0.3) is 10.8 Å². The van der Waals surface area contributed by atoms with Crippen LogP contribution < -0.4 is 5.73 Å². The van der Waals surface area contributed by atoms with Gasteiger partial charge in [-0.2, -0.15) is 0 Å². The van der Waals surface area contributed by atoms with Gasteiger partial charge in [0.2, 0.25) is 0 Å². The maximum atomic E-state index is 13.4. The number of aryl methyl sites for hydroxylation is 1. The van der Waals surface area contributed by atoms with E-state index in [-0.39, 0.29) is 12.4 Å². The van der Waals surface area contributed by atoms with Crippen molar-refractivity contribution in [1.82, 2.24) is 4.98 Å². The molecule has 2 aromatic rings. The highest BCUT2D eigenvalue weighted by atomic mass is 19.1. The molecule has 0 atom stereocenters. The fraction of sp³-hybridized carbons (Fsp3) is 0.182. The SMILES string of the molecule is Cc1nccc2c(CN)c(F)ccc12. The predicted molar refractivity (Wildman–Crippen MR) is 54.3 cm³/mol. The third-order valence-corrected chi connectivity index (χ3v) is 2.40. The minimum atomic E-state index is -0.245. The molecule has 14 heavy (non-hydrogen) atoms. The van der Waals surface area contributed by atoms with Gasteiger partial charge in [-0.05, 0) is 30.5 Å². The van der Waals surface area contributed by atoms with Crippen LogP contribution in [0.1, 0.15) is 11.3 Å². The number of fused-ring (bicyclic) bond motifs is 1. The second kappa shape index (κ2) is 3.35. The van der Waals surface area contributed by atoms with Crippen molar-refractivity contribution in [3.05, 3.63) is 41.5 Å². The molecule has 0 aliphatic rings. The van der Waals surface area contributed by atoms with Crippen molar-refractivity contribution >= 4 is 10.8 Å². The maximum absolute atomic E-state index is 13.4. The van der Waals surface area contributed by atoms with Gasteiger partial charge in [-0.15, -0.1) is 0 Å². The second-order valence-electron chi connectivity index (χ2n) is 3.22. The summed E-state index contributed by atoms with van der Waals surface area (Å²) in [5.74, 6) is -0.245. The standard InChI is InChI=1S/C11H11FN2/c1-7-8-2-3-11(12)10(6-13)9(8)4-5-14-7/h2-5H,6,13H2,1H3. The number of benzene rings is 1. The molecule has 1 heterocycles. The number of nitrogens with zero attached hydrogens (tertiary/aromatic N) is 1. The van der Waals surface area contributed by atoms with E-state index in [4.69, 9.17) is 5.73 Å². The largest absolute Gasteiger partial charge is 0.326 e. The fourth-order valence-corrected chi connectivity index (χ4v) is 1.64. The molecular formula is C11H11FN2. The van der Waals surface area contributed by atoms with Crippen LogP contribution in [-0.4, -0.2) is 4.98 Å². The molecule has 1 aromatic carbocycles. The fourth-order valence-electron chi connectivity index (χ4n) is 1.64. The van der Waals surface area contributed by atoms with Gasteiger partial charge in [0.05, 0.1) is 0 Å². The first-order chi connectivity index (χ1) is 6.74. The zero-order valence-corrected chi connectivity index (χ0v) is 7.92. The smallest absolute Gasteiger partial charge is 0.128 e. The van der Waals surface area contributed by atoms with Crippen molar-refractivity contribution in [1.29, 1.82) is 0 Å². The third-order valence-electron chi connectivity index (χ3n) is 2.40. The van der Waals surface area contributed by atoms with Crippen LogP contribution in [0.4, 0.5) is 4.39 Å². The van der Waals surface area contributed by atoms with Gasteiger partial charge in [-0.25, -0.2) is 4.39 Å². The van der Waals surface area contributed by atoms with Gasteiger partial charge in [-0.3, -0.25) is 4.98 Å². The molecule has 0 fully saturated rings. The molecule has 2 nitrogen and oxygen atoms in total. The van der Waals surface area contributed by atoms with E-state index in [0.29, 0.717) is 5.56 Å². The summed E-state index contributed by atoms with van der Waals surface area (Å²) in [7, 11) is 0. The Hall–Kier alpha value is -1.48. The molecule has 0 aliphatic carbocycles. The normalized spacial score (nSPS) is 10.8. The van der Waals surface area contributed by atoms with E-state index in [1.807, 2.05) is 6.92 Å². The van der Waals surface area contributed by atoms with E-state index in [1.54, 1.807) is 18.3 Å². The zero-order valence-electron chi connectivity index (χ0n) is 7.92. The number of halogens is 1. The third kappa shape index (κ3) is 1.26. The quantitative estimate of drug-likeness (QED) is 0.748. The highest BCUT2D eigenvalue weighted by molar-refractivity contribution is 5.87. The molecule has 0 saturated carbocycles. The minimum absolute atomic E-state index is 0.215. The maximum Gasteiger partial charge on any atom is 0.128 e. The first-order valence-corrected chi connectivity index (χ1v) is 4.47. The molecule has 72 valence electrons. The van der Waals surface area contributed by atoms with Gasteiger partial charge < -0.3 is 5.73 Å². The number of nitrogens with two attached hydrogens (primary N) is 1. The lowest BCUT2D eigenvalue weighted by molar-refractivity contribution is 0.613. The molecule has 0 radical (unpaired) electrons. The van der Waals surface area contributed by atoms with E-state index < -0.39 is 0 Å². The van der Waals surface area contributed by atoms with Crippen LogP contribution in [0.5, 0.6) is 0 Å². The predicted octanol–water partition coefficient (Wildman–Crippen LogP) is 2.14. The molecule has 0 spiro atoms. The van der Waals surface area contributed by atoms with Crippen molar-refractivity contribution in [3.63, 3.8) is 0 Å². The van der Waals surface area contributed by atoms with E-state index in [2.05, 4.69) is 4.98 Å².